The second-order valence-corrected chi connectivity index (χ2v) is 14.1. The summed E-state index contributed by atoms with van der Waals surface area (Å²) >= 11 is 0. The number of phenols is 1. The zero-order chi connectivity index (χ0) is 36.8. The van der Waals surface area contributed by atoms with Gasteiger partial charge in [-0.05, 0) is 66.9 Å². The molecule has 4 N–H and O–H groups in total. The van der Waals surface area contributed by atoms with Gasteiger partial charge in [0.1, 0.15) is 23.9 Å². The van der Waals surface area contributed by atoms with Gasteiger partial charge in [0.25, 0.3) is 0 Å². The number of likely N-dealkylation sites (N-methyl/N-ethyl adjacent to an activating group) is 1. The lowest BCUT2D eigenvalue weighted by Crippen LogP contribution is -3.15. The average molecular weight is 716 g/mol. The molecule has 3 aromatic rings. The van der Waals surface area contributed by atoms with E-state index in [1.54, 1.807) is 34.1 Å². The third-order valence-corrected chi connectivity index (χ3v) is 10.9. The van der Waals surface area contributed by atoms with Crippen molar-refractivity contribution in [3.05, 3.63) is 102 Å². The molecule has 3 atom stereocenters. The minimum atomic E-state index is -0.858. The summed E-state index contributed by atoms with van der Waals surface area (Å²) in [7, 11) is 1.52. The topological polar surface area (TPSA) is 113 Å². The Balaban J connectivity index is 1.03. The fourth-order valence-corrected chi connectivity index (χ4v) is 7.62. The number of ether oxygens (including phenoxy) is 1. The van der Waals surface area contributed by atoms with Crippen LogP contribution in [0.5, 0.6) is 11.5 Å². The Morgan fingerprint density at radius 3 is 2.31 bits per heavy atom. The number of aromatic hydroxyl groups is 1. The Bertz CT molecular complexity index is 1690. The van der Waals surface area contributed by atoms with Gasteiger partial charge in [0.05, 0.1) is 44.0 Å². The van der Waals surface area contributed by atoms with Crippen molar-refractivity contribution in [3.63, 3.8) is 0 Å². The van der Waals surface area contributed by atoms with Gasteiger partial charge in [0, 0.05) is 63.1 Å². The lowest BCUT2D eigenvalue weighted by atomic mass is 9.78. The van der Waals surface area contributed by atoms with E-state index in [0.29, 0.717) is 55.0 Å². The van der Waals surface area contributed by atoms with Gasteiger partial charge in [0.2, 0.25) is 5.91 Å². The number of aliphatic hydroxyl groups excluding tert-OH is 1. The minimum absolute atomic E-state index is 0.0157. The van der Waals surface area contributed by atoms with Crippen LogP contribution in [0, 0.1) is 11.7 Å². The highest BCUT2D eigenvalue weighted by Gasteiger charge is 2.49. The van der Waals surface area contributed by atoms with Gasteiger partial charge in [-0.2, -0.15) is 0 Å². The number of urea groups is 1. The van der Waals surface area contributed by atoms with Crippen LogP contribution in [0.4, 0.5) is 14.9 Å². The van der Waals surface area contributed by atoms with E-state index in [9.17, 15) is 24.2 Å². The summed E-state index contributed by atoms with van der Waals surface area (Å²) in [5, 5.41) is 24.8. The fraction of sp³-hybridized carbons (Fsp3) is 0.450. The summed E-state index contributed by atoms with van der Waals surface area (Å²) in [6, 6.07) is 17.7. The number of aliphatic hydroxyl groups is 1. The lowest BCUT2D eigenvalue weighted by molar-refractivity contribution is -0.900. The number of methoxy groups -OCH3 is 1. The van der Waals surface area contributed by atoms with Gasteiger partial charge >= 0.3 is 6.03 Å². The first-order chi connectivity index (χ1) is 25.1. The molecule has 0 spiro atoms. The van der Waals surface area contributed by atoms with Crippen molar-refractivity contribution in [3.8, 4) is 11.5 Å². The molecule has 0 bridgehead atoms. The predicted octanol–water partition coefficient (Wildman–Crippen LogP) is 3.32. The molecule has 3 saturated heterocycles. The molecule has 0 aliphatic carbocycles. The van der Waals surface area contributed by atoms with Crippen molar-refractivity contribution in [2.45, 2.75) is 38.5 Å². The molecule has 0 radical (unpaired) electrons. The highest BCUT2D eigenvalue weighted by molar-refractivity contribution is 6.03. The number of phenolic OH excluding ortho intramolecular Hbond substituents is 1. The van der Waals surface area contributed by atoms with Crippen LogP contribution in [0.3, 0.4) is 0 Å². The maximum absolute atomic E-state index is 13.7. The molecular formula is C40H52FN6O5+. The number of β-lactam (4-membered cyclic amide) rings is 1. The Kier molecular flexibility index (Phi) is 12.0. The van der Waals surface area contributed by atoms with Crippen LogP contribution in [-0.2, 0) is 11.3 Å². The van der Waals surface area contributed by atoms with Crippen molar-refractivity contribution in [1.82, 2.24) is 20.0 Å². The number of nitrogens with zero attached hydrogens (tertiary/aromatic N) is 4. The Morgan fingerprint density at radius 1 is 1.00 bits per heavy atom. The van der Waals surface area contributed by atoms with Crippen molar-refractivity contribution < 1.29 is 33.8 Å². The number of anilines is 1. The number of hydrogen-bond donors (Lipinski definition) is 4. The molecule has 278 valence electrons. The zero-order valence-electron chi connectivity index (χ0n) is 30.3. The second-order valence-electron chi connectivity index (χ2n) is 14.1. The lowest BCUT2D eigenvalue weighted by Gasteiger charge is -2.48. The molecule has 52 heavy (non-hydrogen) atoms. The molecule has 12 heteroatoms. The molecular weight excluding hydrogens is 663 g/mol. The van der Waals surface area contributed by atoms with E-state index in [2.05, 4.69) is 28.6 Å². The summed E-state index contributed by atoms with van der Waals surface area (Å²) in [5.41, 5.74) is 3.88. The fourth-order valence-electron chi connectivity index (χ4n) is 7.62. The molecule has 3 fully saturated rings. The summed E-state index contributed by atoms with van der Waals surface area (Å²) in [6.07, 6.45) is -0.194. The first kappa shape index (κ1) is 37.1. The molecule has 3 amide bonds. The number of piperazine rings is 2. The Hall–Kier alpha value is -4.65. The van der Waals surface area contributed by atoms with Crippen LogP contribution in [0.15, 0.2) is 79.0 Å². The minimum Gasteiger partial charge on any atom is -0.507 e. The van der Waals surface area contributed by atoms with E-state index in [4.69, 9.17) is 4.74 Å². The molecule has 11 nitrogen and oxygen atoms in total. The third-order valence-electron chi connectivity index (χ3n) is 10.9. The monoisotopic (exact) mass is 715 g/mol. The zero-order valence-corrected chi connectivity index (χ0v) is 30.3. The number of halogens is 1. The van der Waals surface area contributed by atoms with E-state index >= 15 is 0 Å². The van der Waals surface area contributed by atoms with Crippen LogP contribution >= 0.6 is 0 Å². The van der Waals surface area contributed by atoms with E-state index in [-0.39, 0.29) is 23.5 Å². The SMILES string of the molecule is C=C(C[NH+]1CCN(CC)CC1)N1CCN(C(=O)NCc2ccc(N3C(=O)C(CCC(O)c4ccc(F)cc4)C3c3ccc(OC)cc3O)cc2)CC1. The van der Waals surface area contributed by atoms with Gasteiger partial charge in [-0.3, -0.25) is 9.69 Å². The number of nitrogens with one attached hydrogen (secondary N) is 2. The van der Waals surface area contributed by atoms with Gasteiger partial charge in [-0.25, -0.2) is 9.18 Å². The van der Waals surface area contributed by atoms with Gasteiger partial charge in [-0.15, -0.1) is 0 Å². The van der Waals surface area contributed by atoms with Crippen molar-refractivity contribution in [2.24, 2.45) is 5.92 Å². The number of hydrogen-bond acceptors (Lipinski definition) is 7. The molecule has 0 aromatic heterocycles. The van der Waals surface area contributed by atoms with Crippen LogP contribution < -0.4 is 19.9 Å². The standard InChI is InChI=1S/C40H51FN6O5/c1-4-43-17-19-44(20-18-43)27-28(2)45-21-23-46(24-22-45)40(51)42-26-29-5-11-32(12-6-29)47-38(34-14-13-33(52-3)25-37(34)49)35(39(47)50)15-16-36(48)30-7-9-31(41)10-8-30/h5-14,25,35-36,38,48-49H,2,4,15-24,26-27H2,1,3H3,(H,42,51)/p+1. The smallest absolute Gasteiger partial charge is 0.317 e. The van der Waals surface area contributed by atoms with E-state index in [0.717, 1.165) is 63.6 Å². The Labute approximate surface area is 305 Å². The number of benzene rings is 3. The average Bonchev–Trinajstić information content (AvgIpc) is 3.17. The number of amides is 3. The normalized spacial score (nSPS) is 20.4. The van der Waals surface area contributed by atoms with E-state index in [1.165, 1.54) is 25.3 Å². The number of quaternary nitrogens is 1. The molecule has 3 aromatic carbocycles. The molecule has 3 aliphatic rings. The van der Waals surface area contributed by atoms with Crippen LogP contribution in [0.2, 0.25) is 0 Å². The van der Waals surface area contributed by atoms with Crippen LogP contribution in [0.25, 0.3) is 0 Å². The van der Waals surface area contributed by atoms with Crippen LogP contribution in [0.1, 0.15) is 48.6 Å². The maximum Gasteiger partial charge on any atom is 0.317 e. The van der Waals surface area contributed by atoms with Crippen molar-refractivity contribution in [2.75, 3.05) is 77.5 Å². The van der Waals surface area contributed by atoms with Crippen molar-refractivity contribution in [1.29, 1.82) is 0 Å². The third kappa shape index (κ3) is 8.52. The molecule has 0 saturated carbocycles. The predicted molar refractivity (Wildman–Crippen MR) is 198 cm³/mol. The number of carbonyl (C=O) groups is 2. The first-order valence-electron chi connectivity index (χ1n) is 18.4. The highest BCUT2D eigenvalue weighted by Crippen LogP contribution is 2.49. The van der Waals surface area contributed by atoms with Gasteiger partial charge in [0.15, 0.2) is 0 Å². The molecule has 3 unspecified atom stereocenters. The first-order valence-corrected chi connectivity index (χ1v) is 18.4. The van der Waals surface area contributed by atoms with E-state index in [1.807, 2.05) is 29.2 Å². The largest absolute Gasteiger partial charge is 0.507 e. The molecule has 3 aliphatic heterocycles. The van der Waals surface area contributed by atoms with Gasteiger partial charge in [-0.1, -0.05) is 37.8 Å². The summed E-state index contributed by atoms with van der Waals surface area (Å²) in [6.45, 7) is 16.4. The van der Waals surface area contributed by atoms with Crippen molar-refractivity contribution >= 4 is 17.6 Å². The maximum atomic E-state index is 13.7. The summed E-state index contributed by atoms with van der Waals surface area (Å²) < 4.78 is 18.7. The number of rotatable bonds is 13. The van der Waals surface area contributed by atoms with Crippen LogP contribution in [-0.4, -0.2) is 109 Å². The summed E-state index contributed by atoms with van der Waals surface area (Å²) in [4.78, 5) is 36.6. The molecule has 3 heterocycles. The second kappa shape index (κ2) is 16.8. The van der Waals surface area contributed by atoms with E-state index < -0.39 is 18.1 Å². The quantitative estimate of drug-likeness (QED) is 0.201. The van der Waals surface area contributed by atoms with Gasteiger partial charge < -0.3 is 39.9 Å². The Morgan fingerprint density at radius 2 is 1.67 bits per heavy atom. The molecule has 6 rings (SSSR count). The summed E-state index contributed by atoms with van der Waals surface area (Å²) in [5.74, 6) is -0.466. The number of carbonyl (C=O) groups excluding carboxylic acids is 2. The highest BCUT2D eigenvalue weighted by atomic mass is 19.1.